The maximum atomic E-state index is 5.92. The number of aromatic nitrogens is 3. The first kappa shape index (κ1) is 10.7. The summed E-state index contributed by atoms with van der Waals surface area (Å²) in [7, 11) is 3.67. The summed E-state index contributed by atoms with van der Waals surface area (Å²) in [6, 6.07) is 5.97. The zero-order valence-corrected chi connectivity index (χ0v) is 10.3. The highest BCUT2D eigenvalue weighted by Gasteiger charge is 2.15. The molecule has 0 radical (unpaired) electrons. The number of H-pyrrole nitrogens is 1. The molecule has 18 heavy (non-hydrogen) atoms. The van der Waals surface area contributed by atoms with Gasteiger partial charge < -0.3 is 15.0 Å². The van der Waals surface area contributed by atoms with Crippen LogP contribution in [0.1, 0.15) is 0 Å². The SMILES string of the molecule is COc1cccc2c1c(-c1[nH]ncc1N)cn2C. The molecule has 0 aliphatic heterocycles. The van der Waals surface area contributed by atoms with E-state index in [1.54, 1.807) is 13.3 Å². The molecule has 0 saturated carbocycles. The van der Waals surface area contributed by atoms with Gasteiger partial charge in [-0.2, -0.15) is 5.10 Å². The Labute approximate surface area is 104 Å². The number of ether oxygens (including phenoxy) is 1. The number of hydrogen-bond acceptors (Lipinski definition) is 3. The van der Waals surface area contributed by atoms with Crippen LogP contribution in [0.15, 0.2) is 30.6 Å². The van der Waals surface area contributed by atoms with E-state index in [-0.39, 0.29) is 0 Å². The number of nitrogen functional groups attached to an aromatic ring is 1. The molecule has 2 aromatic heterocycles. The normalized spacial score (nSPS) is 11.0. The molecule has 5 nitrogen and oxygen atoms in total. The Bertz CT molecular complexity index is 711. The third-order valence-electron chi connectivity index (χ3n) is 3.13. The maximum absolute atomic E-state index is 5.92. The van der Waals surface area contributed by atoms with Crippen LogP contribution in [0.3, 0.4) is 0 Å². The van der Waals surface area contributed by atoms with Crippen molar-refractivity contribution in [1.82, 2.24) is 14.8 Å². The Morgan fingerprint density at radius 2 is 2.22 bits per heavy atom. The van der Waals surface area contributed by atoms with E-state index in [9.17, 15) is 0 Å². The predicted molar refractivity (Wildman–Crippen MR) is 71.5 cm³/mol. The van der Waals surface area contributed by atoms with Gasteiger partial charge in [0.2, 0.25) is 0 Å². The van der Waals surface area contributed by atoms with Crippen molar-refractivity contribution in [2.24, 2.45) is 7.05 Å². The number of rotatable bonds is 2. The van der Waals surface area contributed by atoms with Crippen molar-refractivity contribution in [1.29, 1.82) is 0 Å². The van der Waals surface area contributed by atoms with E-state index in [2.05, 4.69) is 10.2 Å². The topological polar surface area (TPSA) is 68.9 Å². The van der Waals surface area contributed by atoms with Crippen LogP contribution < -0.4 is 10.5 Å². The van der Waals surface area contributed by atoms with Crippen LogP contribution in [0, 0.1) is 0 Å². The van der Waals surface area contributed by atoms with Gasteiger partial charge in [-0.15, -0.1) is 0 Å². The van der Waals surface area contributed by atoms with E-state index in [4.69, 9.17) is 10.5 Å². The molecule has 2 heterocycles. The first-order chi connectivity index (χ1) is 8.72. The highest BCUT2D eigenvalue weighted by atomic mass is 16.5. The van der Waals surface area contributed by atoms with E-state index >= 15 is 0 Å². The van der Waals surface area contributed by atoms with E-state index in [1.165, 1.54) is 0 Å². The van der Waals surface area contributed by atoms with Crippen LogP contribution in [0.2, 0.25) is 0 Å². The smallest absolute Gasteiger partial charge is 0.128 e. The Morgan fingerprint density at radius 1 is 1.39 bits per heavy atom. The molecule has 0 spiro atoms. The minimum absolute atomic E-state index is 0.633. The van der Waals surface area contributed by atoms with Gasteiger partial charge >= 0.3 is 0 Å². The van der Waals surface area contributed by atoms with E-state index in [0.29, 0.717) is 5.69 Å². The van der Waals surface area contributed by atoms with Crippen LogP contribution in [0.4, 0.5) is 5.69 Å². The summed E-state index contributed by atoms with van der Waals surface area (Å²) < 4.78 is 7.48. The van der Waals surface area contributed by atoms with Gasteiger partial charge in [-0.25, -0.2) is 0 Å². The van der Waals surface area contributed by atoms with Crippen molar-refractivity contribution in [3.05, 3.63) is 30.6 Å². The third kappa shape index (κ3) is 1.37. The monoisotopic (exact) mass is 242 g/mol. The molecule has 3 N–H and O–H groups in total. The summed E-state index contributed by atoms with van der Waals surface area (Å²) in [5, 5.41) is 7.94. The van der Waals surface area contributed by atoms with E-state index in [0.717, 1.165) is 27.9 Å². The Hall–Kier alpha value is -2.43. The fraction of sp³-hybridized carbons (Fsp3) is 0.154. The number of hydrogen-bond donors (Lipinski definition) is 2. The third-order valence-corrected chi connectivity index (χ3v) is 3.13. The summed E-state index contributed by atoms with van der Waals surface area (Å²) in [4.78, 5) is 0. The summed E-state index contributed by atoms with van der Waals surface area (Å²) in [6.07, 6.45) is 3.64. The van der Waals surface area contributed by atoms with Crippen molar-refractivity contribution in [3.8, 4) is 17.0 Å². The largest absolute Gasteiger partial charge is 0.496 e. The molecule has 92 valence electrons. The first-order valence-electron chi connectivity index (χ1n) is 5.63. The van der Waals surface area contributed by atoms with E-state index < -0.39 is 0 Å². The number of nitrogens with two attached hydrogens (primary N) is 1. The fourth-order valence-corrected chi connectivity index (χ4v) is 2.28. The summed E-state index contributed by atoms with van der Waals surface area (Å²) >= 11 is 0. The molecule has 3 rings (SSSR count). The number of aromatic amines is 1. The van der Waals surface area contributed by atoms with Crippen LogP contribution in [0.25, 0.3) is 22.2 Å². The second kappa shape index (κ2) is 3.80. The molecule has 0 bridgehead atoms. The molecule has 0 saturated heterocycles. The second-order valence-electron chi connectivity index (χ2n) is 4.21. The Kier molecular flexibility index (Phi) is 2.26. The Morgan fingerprint density at radius 3 is 2.89 bits per heavy atom. The van der Waals surface area contributed by atoms with Crippen molar-refractivity contribution in [3.63, 3.8) is 0 Å². The lowest BCUT2D eigenvalue weighted by molar-refractivity contribution is 0.420. The van der Waals surface area contributed by atoms with Crippen molar-refractivity contribution in [2.45, 2.75) is 0 Å². The lowest BCUT2D eigenvalue weighted by Gasteiger charge is -2.04. The minimum Gasteiger partial charge on any atom is -0.496 e. The number of anilines is 1. The van der Waals surface area contributed by atoms with E-state index in [1.807, 2.05) is 36.0 Å². The predicted octanol–water partition coefficient (Wildman–Crippen LogP) is 2.16. The lowest BCUT2D eigenvalue weighted by Crippen LogP contribution is -1.88. The van der Waals surface area contributed by atoms with Crippen molar-refractivity contribution in [2.75, 3.05) is 12.8 Å². The molecule has 0 aliphatic carbocycles. The minimum atomic E-state index is 0.633. The van der Waals surface area contributed by atoms with Gasteiger partial charge in [-0.3, -0.25) is 5.10 Å². The van der Waals surface area contributed by atoms with Gasteiger partial charge in [-0.1, -0.05) is 6.07 Å². The van der Waals surface area contributed by atoms with Gasteiger partial charge in [0.05, 0.1) is 35.6 Å². The van der Waals surface area contributed by atoms with Gasteiger partial charge in [-0.05, 0) is 12.1 Å². The van der Waals surface area contributed by atoms with Crippen LogP contribution in [-0.2, 0) is 7.05 Å². The number of nitrogens with zero attached hydrogens (tertiary/aromatic N) is 2. The molecule has 1 aromatic carbocycles. The average Bonchev–Trinajstić information content (AvgIpc) is 2.93. The first-order valence-corrected chi connectivity index (χ1v) is 5.63. The second-order valence-corrected chi connectivity index (χ2v) is 4.21. The molecule has 0 amide bonds. The average molecular weight is 242 g/mol. The van der Waals surface area contributed by atoms with Crippen LogP contribution in [0.5, 0.6) is 5.75 Å². The highest BCUT2D eigenvalue weighted by molar-refractivity contribution is 6.01. The summed E-state index contributed by atoms with van der Waals surface area (Å²) in [5.41, 5.74) is 9.47. The maximum Gasteiger partial charge on any atom is 0.128 e. The lowest BCUT2D eigenvalue weighted by atomic mass is 10.1. The van der Waals surface area contributed by atoms with Crippen molar-refractivity contribution >= 4 is 16.6 Å². The van der Waals surface area contributed by atoms with Gasteiger partial charge in [0.15, 0.2) is 0 Å². The van der Waals surface area contributed by atoms with Crippen LogP contribution >= 0.6 is 0 Å². The van der Waals surface area contributed by atoms with Gasteiger partial charge in [0, 0.05) is 18.8 Å². The summed E-state index contributed by atoms with van der Waals surface area (Å²) in [6.45, 7) is 0. The number of fused-ring (bicyclic) bond motifs is 1. The number of nitrogens with one attached hydrogen (secondary N) is 1. The van der Waals surface area contributed by atoms with Gasteiger partial charge in [0.1, 0.15) is 5.75 Å². The molecule has 0 fully saturated rings. The van der Waals surface area contributed by atoms with Gasteiger partial charge in [0.25, 0.3) is 0 Å². The number of aryl methyl sites for hydroxylation is 1. The molecular weight excluding hydrogens is 228 g/mol. The highest BCUT2D eigenvalue weighted by Crippen LogP contribution is 2.37. The zero-order chi connectivity index (χ0) is 12.7. The number of methoxy groups -OCH3 is 1. The molecule has 0 aliphatic rings. The molecule has 5 heteroatoms. The zero-order valence-electron chi connectivity index (χ0n) is 10.3. The fourth-order valence-electron chi connectivity index (χ4n) is 2.28. The molecule has 0 atom stereocenters. The molecule has 0 unspecified atom stereocenters. The Balaban J connectivity index is 2.40. The molecule has 3 aromatic rings. The standard InChI is InChI=1S/C13H14N4O/c1-17-7-8(13-9(14)6-15-16-13)12-10(17)4-3-5-11(12)18-2/h3-7H,14H2,1-2H3,(H,15,16). The van der Waals surface area contributed by atoms with Crippen LogP contribution in [-0.4, -0.2) is 21.9 Å². The van der Waals surface area contributed by atoms with Crippen molar-refractivity contribution < 1.29 is 4.74 Å². The quantitative estimate of drug-likeness (QED) is 0.723. The number of benzene rings is 1. The molecular formula is C13H14N4O. The summed E-state index contributed by atoms with van der Waals surface area (Å²) in [5.74, 6) is 0.831.